The molecule has 0 radical (unpaired) electrons. The summed E-state index contributed by atoms with van der Waals surface area (Å²) in [6, 6.07) is 0. The van der Waals surface area contributed by atoms with Crippen LogP contribution >= 0.6 is 11.3 Å². The molecule has 60 valence electrons. The van der Waals surface area contributed by atoms with Gasteiger partial charge in [-0.25, -0.2) is 0 Å². The van der Waals surface area contributed by atoms with Gasteiger partial charge in [0.15, 0.2) is 0 Å². The summed E-state index contributed by atoms with van der Waals surface area (Å²) in [6.07, 6.45) is 6.28. The van der Waals surface area contributed by atoms with Gasteiger partial charge in [-0.15, -0.1) is 10.2 Å². The van der Waals surface area contributed by atoms with Gasteiger partial charge in [-0.2, -0.15) is 0 Å². The Labute approximate surface area is 70.0 Å². The van der Waals surface area contributed by atoms with Gasteiger partial charge in [0.05, 0.1) is 0 Å². The van der Waals surface area contributed by atoms with E-state index in [9.17, 15) is 0 Å². The quantitative estimate of drug-likeness (QED) is 0.752. The van der Waals surface area contributed by atoms with E-state index in [1.807, 2.05) is 6.08 Å². The van der Waals surface area contributed by atoms with E-state index in [0.29, 0.717) is 5.13 Å². The highest BCUT2D eigenvalue weighted by Gasteiger charge is 1.93. The maximum absolute atomic E-state index is 5.39. The molecular weight excluding hydrogens is 158 g/mol. The number of unbranched alkanes of at least 4 members (excludes halogenated alkanes) is 1. The largest absolute Gasteiger partial charge is 0.374 e. The van der Waals surface area contributed by atoms with Crippen molar-refractivity contribution in [2.45, 2.75) is 19.8 Å². The van der Waals surface area contributed by atoms with Crippen molar-refractivity contribution in [1.82, 2.24) is 10.2 Å². The zero-order valence-corrected chi connectivity index (χ0v) is 7.27. The van der Waals surface area contributed by atoms with Crippen LogP contribution in [0.1, 0.15) is 24.8 Å². The Morgan fingerprint density at radius 2 is 2.36 bits per heavy atom. The average molecular weight is 169 g/mol. The Kier molecular flexibility index (Phi) is 3.04. The molecule has 0 spiro atoms. The Hall–Kier alpha value is -0.900. The van der Waals surface area contributed by atoms with E-state index in [-0.39, 0.29) is 0 Å². The second-order valence-electron chi connectivity index (χ2n) is 2.17. The minimum Gasteiger partial charge on any atom is -0.374 e. The molecule has 2 N–H and O–H groups in total. The van der Waals surface area contributed by atoms with E-state index in [1.54, 1.807) is 0 Å². The molecule has 0 saturated carbocycles. The first-order valence-electron chi connectivity index (χ1n) is 3.58. The van der Waals surface area contributed by atoms with Crippen LogP contribution in [0.5, 0.6) is 0 Å². The van der Waals surface area contributed by atoms with Crippen molar-refractivity contribution in [2.75, 3.05) is 5.73 Å². The summed E-state index contributed by atoms with van der Waals surface area (Å²) in [6.45, 7) is 2.14. The minimum atomic E-state index is 0.529. The number of anilines is 1. The molecule has 0 unspecified atom stereocenters. The molecule has 11 heavy (non-hydrogen) atoms. The van der Waals surface area contributed by atoms with Gasteiger partial charge in [0.25, 0.3) is 0 Å². The number of aromatic nitrogens is 2. The van der Waals surface area contributed by atoms with Crippen molar-refractivity contribution in [2.24, 2.45) is 0 Å². The zero-order valence-electron chi connectivity index (χ0n) is 6.45. The fourth-order valence-electron chi connectivity index (χ4n) is 0.665. The normalized spacial score (nSPS) is 11.0. The summed E-state index contributed by atoms with van der Waals surface area (Å²) < 4.78 is 0. The number of nitrogen functional groups attached to an aromatic ring is 1. The molecule has 1 heterocycles. The summed E-state index contributed by atoms with van der Waals surface area (Å²) in [5.41, 5.74) is 5.39. The number of hydrogen-bond acceptors (Lipinski definition) is 4. The molecule has 0 saturated heterocycles. The van der Waals surface area contributed by atoms with Crippen molar-refractivity contribution in [3.05, 3.63) is 11.1 Å². The van der Waals surface area contributed by atoms with Gasteiger partial charge in [-0.3, -0.25) is 0 Å². The van der Waals surface area contributed by atoms with Crippen LogP contribution in [0.2, 0.25) is 0 Å². The van der Waals surface area contributed by atoms with E-state index in [1.165, 1.54) is 11.3 Å². The molecule has 0 bridgehead atoms. The summed E-state index contributed by atoms with van der Waals surface area (Å²) in [4.78, 5) is 0. The predicted molar refractivity (Wildman–Crippen MR) is 48.3 cm³/mol. The number of nitrogens with two attached hydrogens (primary N) is 1. The van der Waals surface area contributed by atoms with Crippen LogP contribution in [0, 0.1) is 0 Å². The zero-order chi connectivity index (χ0) is 8.10. The minimum absolute atomic E-state index is 0.529. The molecule has 1 rings (SSSR count). The van der Waals surface area contributed by atoms with Gasteiger partial charge in [0.1, 0.15) is 5.01 Å². The predicted octanol–water partition coefficient (Wildman–Crippen LogP) is 1.93. The highest BCUT2D eigenvalue weighted by molar-refractivity contribution is 7.15. The van der Waals surface area contributed by atoms with Crippen LogP contribution in [-0.4, -0.2) is 10.2 Å². The molecule has 1 aromatic heterocycles. The molecule has 0 fully saturated rings. The van der Waals surface area contributed by atoms with Gasteiger partial charge in [0.2, 0.25) is 5.13 Å². The van der Waals surface area contributed by atoms with Crippen LogP contribution < -0.4 is 5.73 Å². The monoisotopic (exact) mass is 169 g/mol. The molecule has 4 heteroatoms. The SMILES string of the molecule is CCCC=Cc1nnc(N)s1. The number of rotatable bonds is 3. The lowest BCUT2D eigenvalue weighted by molar-refractivity contribution is 0.961. The third-order valence-corrected chi connectivity index (χ3v) is 1.89. The first-order chi connectivity index (χ1) is 5.33. The lowest BCUT2D eigenvalue weighted by Crippen LogP contribution is -1.79. The molecule has 0 aliphatic heterocycles. The molecule has 0 aliphatic rings. The third kappa shape index (κ3) is 2.67. The van der Waals surface area contributed by atoms with Crippen molar-refractivity contribution in [1.29, 1.82) is 0 Å². The lowest BCUT2D eigenvalue weighted by Gasteiger charge is -1.81. The molecule has 0 aromatic carbocycles. The van der Waals surface area contributed by atoms with Crippen LogP contribution in [-0.2, 0) is 0 Å². The van der Waals surface area contributed by atoms with E-state index < -0.39 is 0 Å². The third-order valence-electron chi connectivity index (χ3n) is 1.17. The van der Waals surface area contributed by atoms with Crippen molar-refractivity contribution < 1.29 is 0 Å². The fraction of sp³-hybridized carbons (Fsp3) is 0.429. The maximum Gasteiger partial charge on any atom is 0.203 e. The molecule has 0 amide bonds. The van der Waals surface area contributed by atoms with Crippen LogP contribution in [0.15, 0.2) is 6.08 Å². The Balaban J connectivity index is 2.50. The van der Waals surface area contributed by atoms with Gasteiger partial charge in [-0.1, -0.05) is 30.8 Å². The summed E-state index contributed by atoms with van der Waals surface area (Å²) in [5.74, 6) is 0. The van der Waals surface area contributed by atoms with Crippen LogP contribution in [0.4, 0.5) is 5.13 Å². The van der Waals surface area contributed by atoms with Crippen molar-refractivity contribution in [3.63, 3.8) is 0 Å². The second-order valence-corrected chi connectivity index (χ2v) is 3.21. The molecule has 0 aliphatic carbocycles. The number of nitrogens with zero attached hydrogens (tertiary/aromatic N) is 2. The van der Waals surface area contributed by atoms with E-state index in [0.717, 1.165) is 17.8 Å². The first kappa shape index (κ1) is 8.20. The maximum atomic E-state index is 5.39. The smallest absolute Gasteiger partial charge is 0.203 e. The molecule has 1 aromatic rings. The van der Waals surface area contributed by atoms with E-state index >= 15 is 0 Å². The summed E-state index contributed by atoms with van der Waals surface area (Å²) in [7, 11) is 0. The second kappa shape index (κ2) is 4.08. The number of hydrogen-bond donors (Lipinski definition) is 1. The Morgan fingerprint density at radius 3 is 2.91 bits per heavy atom. The van der Waals surface area contributed by atoms with E-state index in [4.69, 9.17) is 5.73 Å². The Morgan fingerprint density at radius 1 is 1.55 bits per heavy atom. The molecule has 3 nitrogen and oxygen atoms in total. The summed E-state index contributed by atoms with van der Waals surface area (Å²) in [5, 5.41) is 8.95. The topological polar surface area (TPSA) is 51.8 Å². The highest BCUT2D eigenvalue weighted by Crippen LogP contribution is 2.12. The average Bonchev–Trinajstić information content (AvgIpc) is 2.37. The van der Waals surface area contributed by atoms with Crippen molar-refractivity contribution >= 4 is 22.5 Å². The van der Waals surface area contributed by atoms with Gasteiger partial charge < -0.3 is 5.73 Å². The van der Waals surface area contributed by atoms with E-state index in [2.05, 4.69) is 23.2 Å². The summed E-state index contributed by atoms with van der Waals surface area (Å²) >= 11 is 1.41. The standard InChI is InChI=1S/C7H11N3S/c1-2-3-4-5-6-9-10-7(8)11-6/h4-5H,2-3H2,1H3,(H2,8,10). The Bertz CT molecular complexity index is 242. The van der Waals surface area contributed by atoms with Gasteiger partial charge >= 0.3 is 0 Å². The fourth-order valence-corrected chi connectivity index (χ4v) is 1.21. The molecular formula is C7H11N3S. The first-order valence-corrected chi connectivity index (χ1v) is 4.40. The van der Waals surface area contributed by atoms with Crippen LogP contribution in [0.3, 0.4) is 0 Å². The van der Waals surface area contributed by atoms with Gasteiger partial charge in [-0.05, 0) is 12.5 Å². The van der Waals surface area contributed by atoms with Crippen LogP contribution in [0.25, 0.3) is 6.08 Å². The molecule has 0 atom stereocenters. The lowest BCUT2D eigenvalue weighted by atomic mass is 10.3. The van der Waals surface area contributed by atoms with Crippen molar-refractivity contribution in [3.8, 4) is 0 Å². The van der Waals surface area contributed by atoms with Gasteiger partial charge in [0, 0.05) is 0 Å². The highest BCUT2D eigenvalue weighted by atomic mass is 32.1. The number of allylic oxidation sites excluding steroid dienone is 1.